The van der Waals surface area contributed by atoms with Gasteiger partial charge in [-0.15, -0.1) is 0 Å². The van der Waals surface area contributed by atoms with E-state index in [2.05, 4.69) is 83.4 Å². The first-order chi connectivity index (χ1) is 20.2. The highest BCUT2D eigenvalue weighted by molar-refractivity contribution is 6.17. The van der Waals surface area contributed by atoms with Gasteiger partial charge in [0.05, 0.1) is 16.4 Å². The Balaban J connectivity index is 1.34. The minimum atomic E-state index is -0.318. The molecule has 9 aromatic rings. The van der Waals surface area contributed by atoms with Gasteiger partial charge in [-0.05, 0) is 53.6 Å². The highest BCUT2D eigenvalue weighted by Gasteiger charge is 2.17. The summed E-state index contributed by atoms with van der Waals surface area (Å²) in [6.07, 6.45) is 0. The summed E-state index contributed by atoms with van der Waals surface area (Å²) < 4.78 is 14.3. The van der Waals surface area contributed by atoms with Crippen molar-refractivity contribution in [1.29, 1.82) is 0 Å². The Hall–Kier alpha value is -5.61. The molecule has 0 amide bonds. The Morgan fingerprint density at radius 3 is 2.10 bits per heavy atom. The van der Waals surface area contributed by atoms with E-state index < -0.39 is 0 Å². The van der Waals surface area contributed by atoms with E-state index in [0.717, 1.165) is 60.6 Å². The van der Waals surface area contributed by atoms with Crippen molar-refractivity contribution < 1.29 is 8.83 Å². The fraction of sp³-hybridized carbons (Fsp3) is 0. The summed E-state index contributed by atoms with van der Waals surface area (Å²) in [6, 6.07) is 43.3. The standard InChI is InChI=1S/C37H21NO3/c39-37-28-14-2-1-13-27(28)36-24(15-8-18-34(36)41-37)22-9-7-10-23(19-22)38-31-16-5-3-11-25(31)29-20-30-26-12-4-6-17-33(26)40-35(30)21-32(29)38/h1-21H. The van der Waals surface area contributed by atoms with Crippen LogP contribution in [0.25, 0.3) is 82.3 Å². The number of furan rings is 1. The molecule has 9 rings (SSSR count). The fourth-order valence-corrected chi connectivity index (χ4v) is 6.45. The number of rotatable bonds is 2. The van der Waals surface area contributed by atoms with Crippen LogP contribution in [0.4, 0.5) is 0 Å². The topological polar surface area (TPSA) is 48.3 Å². The van der Waals surface area contributed by atoms with Crippen LogP contribution in [-0.4, -0.2) is 4.57 Å². The summed E-state index contributed by atoms with van der Waals surface area (Å²) in [5.41, 5.74) is 7.35. The Kier molecular flexibility index (Phi) is 4.44. The third-order valence-corrected chi connectivity index (χ3v) is 8.23. The lowest BCUT2D eigenvalue weighted by Crippen LogP contribution is -2.00. The first kappa shape index (κ1) is 22.2. The lowest BCUT2D eigenvalue weighted by Gasteiger charge is -2.12. The van der Waals surface area contributed by atoms with Crippen molar-refractivity contribution in [3.05, 3.63) is 138 Å². The van der Waals surface area contributed by atoms with E-state index in [-0.39, 0.29) is 5.63 Å². The number of aromatic nitrogens is 1. The summed E-state index contributed by atoms with van der Waals surface area (Å²) in [7, 11) is 0. The van der Waals surface area contributed by atoms with Crippen molar-refractivity contribution in [2.75, 3.05) is 0 Å². The molecule has 0 spiro atoms. The average Bonchev–Trinajstić information content (AvgIpc) is 3.54. The van der Waals surface area contributed by atoms with Crippen LogP contribution in [0, 0.1) is 0 Å². The van der Waals surface area contributed by atoms with Gasteiger partial charge in [0.25, 0.3) is 0 Å². The molecule has 0 saturated heterocycles. The zero-order valence-corrected chi connectivity index (χ0v) is 21.8. The van der Waals surface area contributed by atoms with Crippen LogP contribution in [0.5, 0.6) is 0 Å². The second kappa shape index (κ2) is 8.20. The van der Waals surface area contributed by atoms with E-state index in [0.29, 0.717) is 11.0 Å². The van der Waals surface area contributed by atoms with Gasteiger partial charge in [-0.2, -0.15) is 0 Å². The van der Waals surface area contributed by atoms with E-state index in [9.17, 15) is 4.79 Å². The van der Waals surface area contributed by atoms with E-state index >= 15 is 0 Å². The van der Waals surface area contributed by atoms with Crippen molar-refractivity contribution in [1.82, 2.24) is 4.57 Å². The second-order valence-electron chi connectivity index (χ2n) is 10.5. The molecule has 0 aliphatic heterocycles. The zero-order valence-electron chi connectivity index (χ0n) is 21.8. The monoisotopic (exact) mass is 527 g/mol. The number of fused-ring (bicyclic) bond motifs is 9. The average molecular weight is 528 g/mol. The largest absolute Gasteiger partial charge is 0.456 e. The fourth-order valence-electron chi connectivity index (χ4n) is 6.45. The van der Waals surface area contributed by atoms with Crippen molar-refractivity contribution in [3.8, 4) is 16.8 Å². The molecule has 0 aliphatic rings. The van der Waals surface area contributed by atoms with Crippen LogP contribution in [0.15, 0.2) is 141 Å². The number of benzene rings is 6. The maximum absolute atomic E-state index is 12.7. The Labute approximate surface area is 233 Å². The zero-order chi connectivity index (χ0) is 27.1. The molecule has 0 N–H and O–H groups in total. The molecule has 0 fully saturated rings. The molecule has 0 radical (unpaired) electrons. The maximum Gasteiger partial charge on any atom is 0.344 e. The molecular formula is C37H21NO3. The Morgan fingerprint density at radius 2 is 1.20 bits per heavy atom. The summed E-state index contributed by atoms with van der Waals surface area (Å²) in [5.74, 6) is 0. The van der Waals surface area contributed by atoms with E-state index in [1.807, 2.05) is 48.5 Å². The van der Waals surface area contributed by atoms with Crippen LogP contribution in [0.1, 0.15) is 0 Å². The molecule has 0 unspecified atom stereocenters. The SMILES string of the molecule is O=c1oc2cccc(-c3cccc(-n4c5ccccc5c5cc6c(cc54)oc4ccccc46)c3)c2c2ccccc12. The van der Waals surface area contributed by atoms with Gasteiger partial charge in [0.1, 0.15) is 16.7 Å². The molecular weight excluding hydrogens is 506 g/mol. The third-order valence-electron chi connectivity index (χ3n) is 8.23. The number of hydrogen-bond donors (Lipinski definition) is 0. The van der Waals surface area contributed by atoms with E-state index in [1.165, 1.54) is 10.8 Å². The Bertz CT molecular complexity index is 2560. The van der Waals surface area contributed by atoms with Gasteiger partial charge in [-0.25, -0.2) is 4.79 Å². The minimum Gasteiger partial charge on any atom is -0.456 e. The molecule has 3 aromatic heterocycles. The van der Waals surface area contributed by atoms with Crippen molar-refractivity contribution in [3.63, 3.8) is 0 Å². The van der Waals surface area contributed by atoms with Gasteiger partial charge in [0, 0.05) is 44.1 Å². The van der Waals surface area contributed by atoms with E-state index in [1.54, 1.807) is 0 Å². The lowest BCUT2D eigenvalue weighted by atomic mass is 9.97. The highest BCUT2D eigenvalue weighted by atomic mass is 16.4. The van der Waals surface area contributed by atoms with Crippen LogP contribution < -0.4 is 5.63 Å². The predicted molar refractivity (Wildman–Crippen MR) is 167 cm³/mol. The van der Waals surface area contributed by atoms with Crippen molar-refractivity contribution in [2.24, 2.45) is 0 Å². The quantitative estimate of drug-likeness (QED) is 0.166. The van der Waals surface area contributed by atoms with Gasteiger partial charge >= 0.3 is 5.63 Å². The molecule has 0 atom stereocenters. The van der Waals surface area contributed by atoms with Crippen LogP contribution in [-0.2, 0) is 0 Å². The molecule has 4 heteroatoms. The number of hydrogen-bond acceptors (Lipinski definition) is 3. The maximum atomic E-state index is 12.7. The molecule has 3 heterocycles. The van der Waals surface area contributed by atoms with Crippen LogP contribution >= 0.6 is 0 Å². The Morgan fingerprint density at radius 1 is 0.463 bits per heavy atom. The van der Waals surface area contributed by atoms with Crippen molar-refractivity contribution >= 4 is 65.5 Å². The third kappa shape index (κ3) is 3.13. The molecule has 0 saturated carbocycles. The van der Waals surface area contributed by atoms with Crippen LogP contribution in [0.2, 0.25) is 0 Å². The molecule has 0 bridgehead atoms. The van der Waals surface area contributed by atoms with Gasteiger partial charge in [0.15, 0.2) is 0 Å². The van der Waals surface area contributed by atoms with Crippen molar-refractivity contribution in [2.45, 2.75) is 0 Å². The molecule has 6 aromatic carbocycles. The second-order valence-corrected chi connectivity index (χ2v) is 10.5. The van der Waals surface area contributed by atoms with Crippen LogP contribution in [0.3, 0.4) is 0 Å². The molecule has 0 aliphatic carbocycles. The van der Waals surface area contributed by atoms with Gasteiger partial charge in [-0.1, -0.05) is 78.9 Å². The number of nitrogens with zero attached hydrogens (tertiary/aromatic N) is 1. The van der Waals surface area contributed by atoms with Gasteiger partial charge in [-0.3, -0.25) is 0 Å². The summed E-state index contributed by atoms with van der Waals surface area (Å²) in [4.78, 5) is 12.7. The summed E-state index contributed by atoms with van der Waals surface area (Å²) in [6.45, 7) is 0. The van der Waals surface area contributed by atoms with E-state index in [4.69, 9.17) is 8.83 Å². The van der Waals surface area contributed by atoms with Gasteiger partial charge < -0.3 is 13.4 Å². The molecule has 192 valence electrons. The first-order valence-electron chi connectivity index (χ1n) is 13.6. The highest BCUT2D eigenvalue weighted by Crippen LogP contribution is 2.39. The summed E-state index contributed by atoms with van der Waals surface area (Å²) >= 11 is 0. The summed E-state index contributed by atoms with van der Waals surface area (Å²) in [5, 5.41) is 7.03. The lowest BCUT2D eigenvalue weighted by molar-refractivity contribution is 0.570. The number of para-hydroxylation sites is 2. The minimum absolute atomic E-state index is 0.318. The first-order valence-corrected chi connectivity index (χ1v) is 13.6. The normalized spacial score (nSPS) is 12.0. The van der Waals surface area contributed by atoms with Gasteiger partial charge in [0.2, 0.25) is 0 Å². The predicted octanol–water partition coefficient (Wildman–Crippen LogP) is 9.61. The smallest absolute Gasteiger partial charge is 0.344 e. The molecule has 41 heavy (non-hydrogen) atoms. The molecule has 4 nitrogen and oxygen atoms in total.